The molecule has 3 rings (SSSR count). The van der Waals surface area contributed by atoms with E-state index in [4.69, 9.17) is 4.74 Å². The molecular formula is C24H30N2O5S. The van der Waals surface area contributed by atoms with E-state index in [-0.39, 0.29) is 11.3 Å². The fourth-order valence-electron chi connectivity index (χ4n) is 3.83. The lowest BCUT2D eigenvalue weighted by Gasteiger charge is -2.30. The van der Waals surface area contributed by atoms with Gasteiger partial charge in [0.1, 0.15) is 0 Å². The SMILES string of the molecule is COC(=O)C[C@H](NC(=O)c1ccc(S(=O)(=O)N2CCC[C@H](C)C2)cc1)c1ccc(C)cc1. The molecule has 0 aromatic heterocycles. The number of sulfonamides is 1. The third-order valence-corrected chi connectivity index (χ3v) is 7.64. The Morgan fingerprint density at radius 3 is 2.38 bits per heavy atom. The van der Waals surface area contributed by atoms with Crippen molar-refractivity contribution in [2.75, 3.05) is 20.2 Å². The highest BCUT2D eigenvalue weighted by molar-refractivity contribution is 7.89. The highest BCUT2D eigenvalue weighted by Crippen LogP contribution is 2.24. The Balaban J connectivity index is 1.76. The molecule has 2 atom stereocenters. The number of methoxy groups -OCH3 is 1. The van der Waals surface area contributed by atoms with Crippen LogP contribution in [0.4, 0.5) is 0 Å². The minimum absolute atomic E-state index is 0.00902. The number of ether oxygens (including phenoxy) is 1. The van der Waals surface area contributed by atoms with Crippen LogP contribution < -0.4 is 5.32 Å². The Morgan fingerprint density at radius 1 is 1.12 bits per heavy atom. The van der Waals surface area contributed by atoms with Crippen molar-refractivity contribution >= 4 is 21.9 Å². The lowest BCUT2D eigenvalue weighted by molar-refractivity contribution is -0.141. The van der Waals surface area contributed by atoms with Crippen molar-refractivity contribution in [3.05, 3.63) is 65.2 Å². The largest absolute Gasteiger partial charge is 0.469 e. The number of benzene rings is 2. The summed E-state index contributed by atoms with van der Waals surface area (Å²) < 4.78 is 32.1. The smallest absolute Gasteiger partial charge is 0.307 e. The van der Waals surface area contributed by atoms with Gasteiger partial charge < -0.3 is 10.1 Å². The molecular weight excluding hydrogens is 428 g/mol. The number of nitrogens with zero attached hydrogens (tertiary/aromatic N) is 1. The van der Waals surface area contributed by atoms with Crippen LogP contribution in [0.2, 0.25) is 0 Å². The molecule has 1 aliphatic rings. The first-order valence-electron chi connectivity index (χ1n) is 10.7. The summed E-state index contributed by atoms with van der Waals surface area (Å²) in [6.45, 7) is 5.03. The Morgan fingerprint density at radius 2 is 1.78 bits per heavy atom. The average molecular weight is 459 g/mol. The van der Waals surface area contributed by atoms with E-state index in [9.17, 15) is 18.0 Å². The van der Waals surface area contributed by atoms with Gasteiger partial charge in [0, 0.05) is 18.7 Å². The second-order valence-corrected chi connectivity index (χ2v) is 10.3. The first kappa shape index (κ1) is 23.9. The molecule has 1 saturated heterocycles. The fourth-order valence-corrected chi connectivity index (χ4v) is 5.43. The van der Waals surface area contributed by atoms with Gasteiger partial charge in [-0.15, -0.1) is 0 Å². The molecule has 7 nitrogen and oxygen atoms in total. The summed E-state index contributed by atoms with van der Waals surface area (Å²) in [5.74, 6) is -0.500. The molecule has 0 radical (unpaired) electrons. The summed E-state index contributed by atoms with van der Waals surface area (Å²) in [6, 6.07) is 12.9. The molecule has 32 heavy (non-hydrogen) atoms. The molecule has 2 aromatic carbocycles. The maximum absolute atomic E-state index is 12.9. The van der Waals surface area contributed by atoms with Crippen LogP contribution in [0.1, 0.15) is 53.7 Å². The lowest BCUT2D eigenvalue weighted by Crippen LogP contribution is -2.39. The zero-order valence-corrected chi connectivity index (χ0v) is 19.5. The average Bonchev–Trinajstić information content (AvgIpc) is 2.79. The van der Waals surface area contributed by atoms with E-state index in [1.165, 1.54) is 35.7 Å². The number of rotatable bonds is 7. The van der Waals surface area contributed by atoms with E-state index in [0.717, 1.165) is 24.0 Å². The molecule has 0 unspecified atom stereocenters. The molecule has 1 fully saturated rings. The number of carbonyl (C=O) groups is 2. The monoisotopic (exact) mass is 458 g/mol. The number of carbonyl (C=O) groups excluding carboxylic acids is 2. The third-order valence-electron chi connectivity index (χ3n) is 5.76. The molecule has 1 amide bonds. The Hall–Kier alpha value is -2.71. The van der Waals surface area contributed by atoms with Gasteiger partial charge >= 0.3 is 5.97 Å². The molecule has 1 heterocycles. The van der Waals surface area contributed by atoms with Gasteiger partial charge in [-0.05, 0) is 55.5 Å². The lowest BCUT2D eigenvalue weighted by atomic mass is 10.0. The van der Waals surface area contributed by atoms with Crippen LogP contribution in [0.5, 0.6) is 0 Å². The van der Waals surface area contributed by atoms with Crippen LogP contribution >= 0.6 is 0 Å². The molecule has 0 aliphatic carbocycles. The molecule has 0 bridgehead atoms. The molecule has 1 aliphatic heterocycles. The van der Waals surface area contributed by atoms with Crippen molar-refractivity contribution in [1.29, 1.82) is 0 Å². The van der Waals surface area contributed by atoms with Crippen molar-refractivity contribution in [3.63, 3.8) is 0 Å². The first-order chi connectivity index (χ1) is 15.2. The second-order valence-electron chi connectivity index (χ2n) is 8.35. The van der Waals surface area contributed by atoms with E-state index >= 15 is 0 Å². The summed E-state index contributed by atoms with van der Waals surface area (Å²) in [5.41, 5.74) is 2.17. The van der Waals surface area contributed by atoms with Crippen LogP contribution in [0.25, 0.3) is 0 Å². The summed E-state index contributed by atoms with van der Waals surface area (Å²) in [5, 5.41) is 2.86. The van der Waals surface area contributed by atoms with Gasteiger partial charge in [-0.2, -0.15) is 4.31 Å². The number of hydrogen-bond donors (Lipinski definition) is 1. The number of hydrogen-bond acceptors (Lipinski definition) is 5. The molecule has 172 valence electrons. The number of aryl methyl sites for hydroxylation is 1. The topological polar surface area (TPSA) is 92.8 Å². The van der Waals surface area contributed by atoms with E-state index < -0.39 is 27.9 Å². The zero-order chi connectivity index (χ0) is 23.3. The molecule has 1 N–H and O–H groups in total. The van der Waals surface area contributed by atoms with Gasteiger partial charge in [0.25, 0.3) is 5.91 Å². The molecule has 8 heteroatoms. The van der Waals surface area contributed by atoms with Gasteiger partial charge in [0.05, 0.1) is 24.5 Å². The van der Waals surface area contributed by atoms with Gasteiger partial charge in [0.2, 0.25) is 10.0 Å². The van der Waals surface area contributed by atoms with Crippen LogP contribution in [-0.2, 0) is 19.6 Å². The number of piperidine rings is 1. The van der Waals surface area contributed by atoms with Crippen molar-refractivity contribution in [1.82, 2.24) is 9.62 Å². The quantitative estimate of drug-likeness (QED) is 0.642. The summed E-state index contributed by atoms with van der Waals surface area (Å²) in [6.07, 6.45) is 1.87. The summed E-state index contributed by atoms with van der Waals surface area (Å²) in [4.78, 5) is 24.9. The van der Waals surface area contributed by atoms with Crippen LogP contribution in [-0.4, -0.2) is 44.8 Å². The molecule has 2 aromatic rings. The Bertz CT molecular complexity index is 1050. The summed E-state index contributed by atoms with van der Waals surface area (Å²) >= 11 is 0. The van der Waals surface area contributed by atoms with E-state index in [1.54, 1.807) is 0 Å². The molecule has 0 spiro atoms. The standard InChI is InChI=1S/C24H30N2O5S/c1-17-6-8-19(9-7-17)22(15-23(27)31-3)25-24(28)20-10-12-21(13-11-20)32(29,30)26-14-4-5-18(2)16-26/h6-13,18,22H,4-5,14-16H2,1-3H3,(H,25,28)/t18-,22-/m0/s1. The van der Waals surface area contributed by atoms with Crippen molar-refractivity contribution in [2.45, 2.75) is 44.0 Å². The minimum atomic E-state index is -3.59. The van der Waals surface area contributed by atoms with Crippen LogP contribution in [0, 0.1) is 12.8 Å². The van der Waals surface area contributed by atoms with Gasteiger partial charge in [-0.25, -0.2) is 8.42 Å². The number of nitrogens with one attached hydrogen (secondary N) is 1. The zero-order valence-electron chi connectivity index (χ0n) is 18.7. The van der Waals surface area contributed by atoms with Crippen molar-refractivity contribution in [3.8, 4) is 0 Å². The number of amides is 1. The van der Waals surface area contributed by atoms with Gasteiger partial charge in [0.15, 0.2) is 0 Å². The molecule has 0 saturated carbocycles. The predicted octanol–water partition coefficient (Wildman–Crippen LogP) is 3.45. The normalized spacial score (nSPS) is 18.0. The fraction of sp³-hybridized carbons (Fsp3) is 0.417. The highest BCUT2D eigenvalue weighted by Gasteiger charge is 2.29. The van der Waals surface area contributed by atoms with Crippen molar-refractivity contribution < 1.29 is 22.7 Å². The Labute approximate surface area is 189 Å². The maximum Gasteiger partial charge on any atom is 0.307 e. The highest BCUT2D eigenvalue weighted by atomic mass is 32.2. The van der Waals surface area contributed by atoms with Crippen LogP contribution in [0.15, 0.2) is 53.4 Å². The van der Waals surface area contributed by atoms with E-state index in [0.29, 0.717) is 24.6 Å². The number of esters is 1. The van der Waals surface area contributed by atoms with E-state index in [1.807, 2.05) is 38.1 Å². The first-order valence-corrected chi connectivity index (χ1v) is 12.2. The maximum atomic E-state index is 12.9. The Kier molecular flexibility index (Phi) is 7.69. The predicted molar refractivity (Wildman–Crippen MR) is 122 cm³/mol. The third kappa shape index (κ3) is 5.75. The van der Waals surface area contributed by atoms with Crippen molar-refractivity contribution in [2.24, 2.45) is 5.92 Å². The van der Waals surface area contributed by atoms with Crippen LogP contribution in [0.3, 0.4) is 0 Å². The van der Waals surface area contributed by atoms with Gasteiger partial charge in [-0.3, -0.25) is 9.59 Å². The second kappa shape index (κ2) is 10.3. The summed E-state index contributed by atoms with van der Waals surface area (Å²) in [7, 11) is -2.28. The van der Waals surface area contributed by atoms with Gasteiger partial charge in [-0.1, -0.05) is 36.8 Å². The minimum Gasteiger partial charge on any atom is -0.469 e. The van der Waals surface area contributed by atoms with E-state index in [2.05, 4.69) is 5.32 Å².